The van der Waals surface area contributed by atoms with E-state index in [1.54, 1.807) is 0 Å². The summed E-state index contributed by atoms with van der Waals surface area (Å²) in [6.07, 6.45) is 3.80. The highest BCUT2D eigenvalue weighted by Gasteiger charge is 2.04. The molecular weight excluding hydrogens is 164 g/mol. The number of H-pyrrole nitrogens is 2. The Balaban J connectivity index is 2.43. The van der Waals surface area contributed by atoms with Gasteiger partial charge in [-0.25, -0.2) is 0 Å². The standard InChI is InChI=1S/C10H12N2O/c1-7-9(6-13)4-10(12-7)8-2-3-11-5-8/h2-5,11-13H,6H2,1H3. The molecule has 0 saturated carbocycles. The van der Waals surface area contributed by atoms with Crippen LogP contribution in [0.2, 0.25) is 0 Å². The summed E-state index contributed by atoms with van der Waals surface area (Å²) >= 11 is 0. The molecule has 2 aromatic rings. The van der Waals surface area contributed by atoms with Crippen LogP contribution in [0, 0.1) is 6.92 Å². The summed E-state index contributed by atoms with van der Waals surface area (Å²) in [5, 5.41) is 9.00. The molecule has 2 aromatic heterocycles. The zero-order valence-corrected chi connectivity index (χ0v) is 7.46. The molecule has 2 heterocycles. The second kappa shape index (κ2) is 3.11. The van der Waals surface area contributed by atoms with Crippen LogP contribution in [0.3, 0.4) is 0 Å². The third-order valence-electron chi connectivity index (χ3n) is 2.20. The van der Waals surface area contributed by atoms with E-state index in [9.17, 15) is 0 Å². The number of aromatic amines is 2. The summed E-state index contributed by atoms with van der Waals surface area (Å²) in [5.74, 6) is 0. The Morgan fingerprint density at radius 1 is 1.46 bits per heavy atom. The van der Waals surface area contributed by atoms with Gasteiger partial charge in [0, 0.05) is 29.3 Å². The average Bonchev–Trinajstić information content (AvgIpc) is 2.71. The van der Waals surface area contributed by atoms with Gasteiger partial charge < -0.3 is 15.1 Å². The van der Waals surface area contributed by atoms with Crippen molar-refractivity contribution in [1.29, 1.82) is 0 Å². The highest BCUT2D eigenvalue weighted by Crippen LogP contribution is 2.20. The van der Waals surface area contributed by atoms with Crippen LogP contribution in [0.5, 0.6) is 0 Å². The zero-order chi connectivity index (χ0) is 9.26. The van der Waals surface area contributed by atoms with E-state index < -0.39 is 0 Å². The largest absolute Gasteiger partial charge is 0.392 e. The fourth-order valence-electron chi connectivity index (χ4n) is 1.41. The molecule has 3 N–H and O–H groups in total. The van der Waals surface area contributed by atoms with Gasteiger partial charge in [-0.05, 0) is 24.6 Å². The normalized spacial score (nSPS) is 10.6. The lowest BCUT2D eigenvalue weighted by Crippen LogP contribution is -1.81. The van der Waals surface area contributed by atoms with E-state index >= 15 is 0 Å². The molecule has 0 aliphatic rings. The molecule has 0 atom stereocenters. The topological polar surface area (TPSA) is 51.8 Å². The lowest BCUT2D eigenvalue weighted by atomic mass is 10.2. The highest BCUT2D eigenvalue weighted by molar-refractivity contribution is 5.60. The van der Waals surface area contributed by atoms with Gasteiger partial charge in [0.25, 0.3) is 0 Å². The number of aromatic nitrogens is 2. The molecule has 0 unspecified atom stereocenters. The van der Waals surface area contributed by atoms with Crippen LogP contribution in [0.15, 0.2) is 24.5 Å². The Hall–Kier alpha value is -1.48. The zero-order valence-electron chi connectivity index (χ0n) is 7.46. The minimum absolute atomic E-state index is 0.0900. The molecule has 0 radical (unpaired) electrons. The van der Waals surface area contributed by atoms with E-state index in [1.165, 1.54) is 0 Å². The number of hydrogen-bond acceptors (Lipinski definition) is 1. The van der Waals surface area contributed by atoms with Gasteiger partial charge in [0.1, 0.15) is 0 Å². The lowest BCUT2D eigenvalue weighted by Gasteiger charge is -1.89. The number of rotatable bonds is 2. The fourth-order valence-corrected chi connectivity index (χ4v) is 1.41. The number of aryl methyl sites for hydroxylation is 1. The third-order valence-corrected chi connectivity index (χ3v) is 2.20. The molecule has 0 bridgehead atoms. The van der Waals surface area contributed by atoms with E-state index in [2.05, 4.69) is 9.97 Å². The Labute approximate surface area is 76.4 Å². The van der Waals surface area contributed by atoms with E-state index in [0.29, 0.717) is 0 Å². The van der Waals surface area contributed by atoms with Crippen molar-refractivity contribution in [3.05, 3.63) is 35.8 Å². The Morgan fingerprint density at radius 3 is 2.85 bits per heavy atom. The van der Waals surface area contributed by atoms with Gasteiger partial charge in [0.05, 0.1) is 6.61 Å². The first kappa shape index (κ1) is 8.13. The van der Waals surface area contributed by atoms with Crippen molar-refractivity contribution in [2.75, 3.05) is 0 Å². The van der Waals surface area contributed by atoms with Crippen molar-refractivity contribution in [1.82, 2.24) is 9.97 Å². The summed E-state index contributed by atoms with van der Waals surface area (Å²) in [4.78, 5) is 6.21. The van der Waals surface area contributed by atoms with Crippen LogP contribution >= 0.6 is 0 Å². The molecule has 0 aliphatic carbocycles. The SMILES string of the molecule is Cc1[nH]c(-c2cc[nH]c2)cc1CO. The molecular formula is C10H12N2O. The molecule has 0 aromatic carbocycles. The van der Waals surface area contributed by atoms with Gasteiger partial charge in [0.15, 0.2) is 0 Å². The molecule has 0 saturated heterocycles. The molecule has 0 aliphatic heterocycles. The molecule has 3 nitrogen and oxygen atoms in total. The first-order chi connectivity index (χ1) is 6.31. The summed E-state index contributed by atoms with van der Waals surface area (Å²) < 4.78 is 0. The summed E-state index contributed by atoms with van der Waals surface area (Å²) in [7, 11) is 0. The molecule has 13 heavy (non-hydrogen) atoms. The molecule has 0 spiro atoms. The Bertz CT molecular complexity index is 387. The summed E-state index contributed by atoms with van der Waals surface area (Å²) in [6.45, 7) is 2.05. The van der Waals surface area contributed by atoms with Gasteiger partial charge in [-0.1, -0.05) is 0 Å². The van der Waals surface area contributed by atoms with Crippen LogP contribution in [0.1, 0.15) is 11.3 Å². The summed E-state index contributed by atoms with van der Waals surface area (Å²) in [5.41, 5.74) is 4.14. The van der Waals surface area contributed by atoms with Crippen molar-refractivity contribution in [3.8, 4) is 11.3 Å². The van der Waals surface area contributed by atoms with Gasteiger partial charge in [-0.15, -0.1) is 0 Å². The molecule has 3 heteroatoms. The van der Waals surface area contributed by atoms with E-state index in [-0.39, 0.29) is 6.61 Å². The van der Waals surface area contributed by atoms with Gasteiger partial charge >= 0.3 is 0 Å². The van der Waals surface area contributed by atoms with E-state index in [0.717, 1.165) is 22.5 Å². The van der Waals surface area contributed by atoms with Crippen LogP contribution in [0.25, 0.3) is 11.3 Å². The van der Waals surface area contributed by atoms with Gasteiger partial charge in [-0.3, -0.25) is 0 Å². The van der Waals surface area contributed by atoms with Gasteiger partial charge in [0.2, 0.25) is 0 Å². The van der Waals surface area contributed by atoms with Crippen LogP contribution in [-0.2, 0) is 6.61 Å². The second-order valence-electron chi connectivity index (χ2n) is 3.09. The third kappa shape index (κ3) is 1.38. The maximum absolute atomic E-state index is 9.00. The molecule has 68 valence electrons. The highest BCUT2D eigenvalue weighted by atomic mass is 16.3. The predicted molar refractivity (Wildman–Crippen MR) is 51.2 cm³/mol. The number of aliphatic hydroxyl groups excluding tert-OH is 1. The molecule has 0 amide bonds. The average molecular weight is 176 g/mol. The van der Waals surface area contributed by atoms with Crippen molar-refractivity contribution in [3.63, 3.8) is 0 Å². The van der Waals surface area contributed by atoms with Crippen LogP contribution in [0.4, 0.5) is 0 Å². The Morgan fingerprint density at radius 2 is 2.31 bits per heavy atom. The second-order valence-corrected chi connectivity index (χ2v) is 3.09. The monoisotopic (exact) mass is 176 g/mol. The van der Waals surface area contributed by atoms with Gasteiger partial charge in [-0.2, -0.15) is 0 Å². The number of aliphatic hydroxyl groups is 1. The van der Waals surface area contributed by atoms with Crippen LogP contribution in [-0.4, -0.2) is 15.1 Å². The molecule has 2 rings (SSSR count). The molecule has 0 fully saturated rings. The number of hydrogen-bond donors (Lipinski definition) is 3. The summed E-state index contributed by atoms with van der Waals surface area (Å²) in [6, 6.07) is 3.96. The van der Waals surface area contributed by atoms with Crippen molar-refractivity contribution < 1.29 is 5.11 Å². The van der Waals surface area contributed by atoms with E-state index in [1.807, 2.05) is 31.5 Å². The predicted octanol–water partition coefficient (Wildman–Crippen LogP) is 1.81. The van der Waals surface area contributed by atoms with Crippen LogP contribution < -0.4 is 0 Å². The Kier molecular flexibility index (Phi) is 1.94. The van der Waals surface area contributed by atoms with Crippen molar-refractivity contribution in [2.24, 2.45) is 0 Å². The smallest absolute Gasteiger partial charge is 0.0699 e. The first-order valence-corrected chi connectivity index (χ1v) is 4.24. The lowest BCUT2D eigenvalue weighted by molar-refractivity contribution is 0.281. The van der Waals surface area contributed by atoms with Crippen molar-refractivity contribution >= 4 is 0 Å². The minimum atomic E-state index is 0.0900. The minimum Gasteiger partial charge on any atom is -0.392 e. The van der Waals surface area contributed by atoms with Crippen molar-refractivity contribution in [2.45, 2.75) is 13.5 Å². The first-order valence-electron chi connectivity index (χ1n) is 4.24. The maximum atomic E-state index is 9.00. The fraction of sp³-hybridized carbons (Fsp3) is 0.200. The maximum Gasteiger partial charge on any atom is 0.0699 e. The quantitative estimate of drug-likeness (QED) is 0.642. The van der Waals surface area contributed by atoms with E-state index in [4.69, 9.17) is 5.11 Å². The number of nitrogens with one attached hydrogen (secondary N) is 2.